The van der Waals surface area contributed by atoms with Gasteiger partial charge in [0.25, 0.3) is 0 Å². The Kier molecular flexibility index (Phi) is 7.12. The van der Waals surface area contributed by atoms with E-state index in [1.807, 2.05) is 32.0 Å². The average Bonchev–Trinajstić information content (AvgIpc) is 3.30. The Morgan fingerprint density at radius 3 is 2.97 bits per heavy atom. The minimum atomic E-state index is 0.0289. The van der Waals surface area contributed by atoms with Crippen molar-refractivity contribution in [1.82, 2.24) is 15.6 Å². The molecule has 3 N–H and O–H groups in total. The largest absolute Gasteiger partial charge is 0.377 e. The third-order valence-electron chi connectivity index (χ3n) is 4.95. The molecule has 1 amide bonds. The first-order valence-corrected chi connectivity index (χ1v) is 12.1. The molecular formula is C22H28N4O2S2. The molecule has 1 aliphatic heterocycles. The van der Waals surface area contributed by atoms with Crippen molar-refractivity contribution in [3.63, 3.8) is 0 Å². The highest BCUT2D eigenvalue weighted by molar-refractivity contribution is 7.22. The lowest BCUT2D eigenvalue weighted by molar-refractivity contribution is -0.116. The van der Waals surface area contributed by atoms with Gasteiger partial charge in [0.05, 0.1) is 22.9 Å². The number of ether oxygens (including phenoxy) is 1. The van der Waals surface area contributed by atoms with E-state index in [1.165, 1.54) is 15.1 Å². The fraction of sp³-hybridized carbons (Fsp3) is 0.455. The number of carbonyl (C=O) groups is 1. The van der Waals surface area contributed by atoms with E-state index < -0.39 is 0 Å². The normalized spacial score (nSPS) is 13.7. The van der Waals surface area contributed by atoms with Crippen molar-refractivity contribution in [3.05, 3.63) is 34.7 Å². The molecule has 30 heavy (non-hydrogen) atoms. The summed E-state index contributed by atoms with van der Waals surface area (Å²) in [6.07, 6.45) is 1.63. The number of hydrogen-bond acceptors (Lipinski definition) is 7. The minimum Gasteiger partial charge on any atom is -0.377 e. The molecule has 4 rings (SSSR count). The van der Waals surface area contributed by atoms with E-state index in [2.05, 4.69) is 22.0 Å². The summed E-state index contributed by atoms with van der Waals surface area (Å²) in [6.45, 7) is 7.89. The van der Waals surface area contributed by atoms with Crippen molar-refractivity contribution >= 4 is 43.8 Å². The maximum absolute atomic E-state index is 12.6. The lowest BCUT2D eigenvalue weighted by atomic mass is 10.0. The number of thiazole rings is 1. The van der Waals surface area contributed by atoms with Gasteiger partial charge in [0.2, 0.25) is 5.91 Å². The van der Waals surface area contributed by atoms with Crippen molar-refractivity contribution in [2.45, 2.75) is 39.3 Å². The van der Waals surface area contributed by atoms with Gasteiger partial charge < -0.3 is 20.7 Å². The number of rotatable bonds is 9. The standard InChI is InChI=1S/C22H28N4O2S2/c1-14(2)28-12-11-23-10-8-19(27)26-22-20(15-7-9-24-13-18(15)30-22)21-25-16-5-3-4-6-17(16)29-21/h3-6,14,23-24H,7-13H2,1-2H3,(H,26,27). The number of fused-ring (bicyclic) bond motifs is 2. The van der Waals surface area contributed by atoms with E-state index in [-0.39, 0.29) is 12.0 Å². The minimum absolute atomic E-state index is 0.0289. The molecule has 0 atom stereocenters. The number of benzene rings is 1. The van der Waals surface area contributed by atoms with Crippen LogP contribution in [0.25, 0.3) is 20.8 Å². The molecule has 0 radical (unpaired) electrons. The number of hydrogen-bond donors (Lipinski definition) is 3. The van der Waals surface area contributed by atoms with Gasteiger partial charge in [-0.3, -0.25) is 4.79 Å². The maximum atomic E-state index is 12.6. The van der Waals surface area contributed by atoms with Crippen molar-refractivity contribution in [1.29, 1.82) is 0 Å². The highest BCUT2D eigenvalue weighted by Gasteiger charge is 2.24. The van der Waals surface area contributed by atoms with E-state index in [0.717, 1.165) is 47.1 Å². The monoisotopic (exact) mass is 444 g/mol. The van der Waals surface area contributed by atoms with Crippen LogP contribution >= 0.6 is 22.7 Å². The first kappa shape index (κ1) is 21.4. The predicted octanol–water partition coefficient (Wildman–Crippen LogP) is 4.01. The van der Waals surface area contributed by atoms with Gasteiger partial charge in [-0.15, -0.1) is 22.7 Å². The number of nitrogens with one attached hydrogen (secondary N) is 3. The topological polar surface area (TPSA) is 75.3 Å². The highest BCUT2D eigenvalue weighted by Crippen LogP contribution is 2.44. The van der Waals surface area contributed by atoms with Crippen molar-refractivity contribution in [3.8, 4) is 10.6 Å². The highest BCUT2D eigenvalue weighted by atomic mass is 32.1. The Balaban J connectivity index is 1.46. The molecule has 1 aliphatic rings. The quantitative estimate of drug-likeness (QED) is 0.435. The summed E-state index contributed by atoms with van der Waals surface area (Å²) >= 11 is 3.37. The van der Waals surface area contributed by atoms with Crippen LogP contribution in [0.1, 0.15) is 30.7 Å². The molecule has 0 unspecified atom stereocenters. The van der Waals surface area contributed by atoms with E-state index in [4.69, 9.17) is 9.72 Å². The average molecular weight is 445 g/mol. The Labute approximate surface area is 185 Å². The molecule has 3 aromatic rings. The van der Waals surface area contributed by atoms with Crippen LogP contribution in [0.15, 0.2) is 24.3 Å². The molecule has 0 spiro atoms. The van der Waals surface area contributed by atoms with Gasteiger partial charge in [0.15, 0.2) is 0 Å². The van der Waals surface area contributed by atoms with E-state index in [9.17, 15) is 4.79 Å². The number of carbonyl (C=O) groups excluding carboxylic acids is 1. The molecular weight excluding hydrogens is 416 g/mol. The van der Waals surface area contributed by atoms with Crippen LogP contribution in [-0.2, 0) is 22.5 Å². The van der Waals surface area contributed by atoms with E-state index in [0.29, 0.717) is 19.6 Å². The molecule has 2 aromatic heterocycles. The lowest BCUT2D eigenvalue weighted by Crippen LogP contribution is -2.25. The van der Waals surface area contributed by atoms with Gasteiger partial charge in [-0.05, 0) is 44.5 Å². The number of aromatic nitrogens is 1. The molecule has 6 nitrogen and oxygen atoms in total. The first-order chi connectivity index (χ1) is 14.6. The molecule has 0 saturated carbocycles. The van der Waals surface area contributed by atoms with Gasteiger partial charge in [-0.1, -0.05) is 12.1 Å². The van der Waals surface area contributed by atoms with Crippen molar-refractivity contribution in [2.75, 3.05) is 31.6 Å². The summed E-state index contributed by atoms with van der Waals surface area (Å²) in [7, 11) is 0. The SMILES string of the molecule is CC(C)OCCNCCC(=O)Nc1sc2c(c1-c1nc3ccccc3s1)CCNC2. The van der Waals surface area contributed by atoms with E-state index >= 15 is 0 Å². The molecule has 0 bridgehead atoms. The van der Waals surface area contributed by atoms with Gasteiger partial charge in [0, 0.05) is 36.5 Å². The van der Waals surface area contributed by atoms with Crippen LogP contribution in [0, 0.1) is 0 Å². The van der Waals surface area contributed by atoms with Gasteiger partial charge in [-0.25, -0.2) is 4.98 Å². The first-order valence-electron chi connectivity index (χ1n) is 10.4. The van der Waals surface area contributed by atoms with Gasteiger partial charge >= 0.3 is 0 Å². The molecule has 8 heteroatoms. The number of anilines is 1. The van der Waals surface area contributed by atoms with Crippen LogP contribution in [0.5, 0.6) is 0 Å². The van der Waals surface area contributed by atoms with Crippen molar-refractivity contribution < 1.29 is 9.53 Å². The number of thiophene rings is 1. The zero-order valence-corrected chi connectivity index (χ0v) is 19.0. The summed E-state index contributed by atoms with van der Waals surface area (Å²) in [5.41, 5.74) is 3.46. The van der Waals surface area contributed by atoms with Crippen molar-refractivity contribution in [2.24, 2.45) is 0 Å². The zero-order chi connectivity index (χ0) is 20.9. The fourth-order valence-corrected chi connectivity index (χ4v) is 5.85. The van der Waals surface area contributed by atoms with Crippen LogP contribution in [0.2, 0.25) is 0 Å². The Morgan fingerprint density at radius 1 is 1.27 bits per heavy atom. The summed E-state index contributed by atoms with van der Waals surface area (Å²) in [4.78, 5) is 18.8. The molecule has 1 aromatic carbocycles. The Bertz CT molecular complexity index is 979. The summed E-state index contributed by atoms with van der Waals surface area (Å²) in [5, 5.41) is 11.8. The summed E-state index contributed by atoms with van der Waals surface area (Å²) in [5.74, 6) is 0.0289. The third-order valence-corrected chi connectivity index (χ3v) is 7.15. The van der Waals surface area contributed by atoms with Crippen LogP contribution in [-0.4, -0.2) is 43.2 Å². The predicted molar refractivity (Wildman–Crippen MR) is 126 cm³/mol. The Hall–Kier alpha value is -1.84. The second-order valence-electron chi connectivity index (χ2n) is 7.59. The number of para-hydroxylation sites is 1. The summed E-state index contributed by atoms with van der Waals surface area (Å²) in [6, 6.07) is 8.20. The van der Waals surface area contributed by atoms with E-state index in [1.54, 1.807) is 22.7 Å². The summed E-state index contributed by atoms with van der Waals surface area (Å²) < 4.78 is 6.68. The molecule has 160 valence electrons. The van der Waals surface area contributed by atoms with Crippen LogP contribution in [0.4, 0.5) is 5.00 Å². The second-order valence-corrected chi connectivity index (χ2v) is 9.72. The molecule has 3 heterocycles. The third kappa shape index (κ3) is 5.07. The lowest BCUT2D eigenvalue weighted by Gasteiger charge is -2.13. The van der Waals surface area contributed by atoms with Gasteiger partial charge in [0.1, 0.15) is 10.0 Å². The molecule has 0 fully saturated rings. The van der Waals surface area contributed by atoms with Crippen LogP contribution in [0.3, 0.4) is 0 Å². The maximum Gasteiger partial charge on any atom is 0.226 e. The molecule has 0 saturated heterocycles. The zero-order valence-electron chi connectivity index (χ0n) is 17.4. The number of nitrogens with zero attached hydrogens (tertiary/aromatic N) is 1. The number of amides is 1. The molecule has 0 aliphatic carbocycles. The Morgan fingerprint density at radius 2 is 2.13 bits per heavy atom. The van der Waals surface area contributed by atoms with Crippen LogP contribution < -0.4 is 16.0 Å². The second kappa shape index (κ2) is 9.98. The smallest absolute Gasteiger partial charge is 0.226 e. The van der Waals surface area contributed by atoms with Gasteiger partial charge in [-0.2, -0.15) is 0 Å². The fourth-order valence-electron chi connectivity index (χ4n) is 3.51.